The summed E-state index contributed by atoms with van der Waals surface area (Å²) in [7, 11) is 0. The van der Waals surface area contributed by atoms with Gasteiger partial charge in [-0.3, -0.25) is 0 Å². The van der Waals surface area contributed by atoms with Crippen molar-refractivity contribution in [2.45, 2.75) is 19.1 Å². The molecule has 24 heavy (non-hydrogen) atoms. The first kappa shape index (κ1) is 18.1. The van der Waals surface area contributed by atoms with Crippen molar-refractivity contribution >= 4 is 17.6 Å². The number of ether oxygens (including phenoxy) is 1. The highest BCUT2D eigenvalue weighted by Crippen LogP contribution is 2.24. The molecule has 2 aromatic carbocycles. The smallest absolute Gasteiger partial charge is 0.315 e. The Kier molecular flexibility index (Phi) is 6.90. The van der Waals surface area contributed by atoms with Gasteiger partial charge in [0.2, 0.25) is 0 Å². The molecule has 0 saturated carbocycles. The molecule has 2 amide bonds. The van der Waals surface area contributed by atoms with E-state index < -0.39 is 6.04 Å². The number of aliphatic hydroxyl groups is 1. The molecule has 2 aromatic rings. The van der Waals surface area contributed by atoms with Crippen LogP contribution in [0.4, 0.5) is 4.79 Å². The van der Waals surface area contributed by atoms with Crippen LogP contribution in [0.15, 0.2) is 54.6 Å². The monoisotopic (exact) mass is 348 g/mol. The van der Waals surface area contributed by atoms with E-state index in [1.807, 2.05) is 49.4 Å². The van der Waals surface area contributed by atoms with Gasteiger partial charge in [-0.1, -0.05) is 54.1 Å². The average molecular weight is 349 g/mol. The van der Waals surface area contributed by atoms with Crippen LogP contribution in [0.3, 0.4) is 0 Å². The van der Waals surface area contributed by atoms with Gasteiger partial charge in [0.05, 0.1) is 24.2 Å². The molecule has 5 nitrogen and oxygen atoms in total. The molecule has 0 aliphatic heterocycles. The number of carbonyl (C=O) groups is 1. The van der Waals surface area contributed by atoms with Gasteiger partial charge in [0.15, 0.2) is 0 Å². The lowest BCUT2D eigenvalue weighted by molar-refractivity contribution is 0.199. The standard InChI is InChI=1S/C18H21ClN2O3/c1-13(24-17-10-6-5-9-15(17)19)11-20-18(23)21-16(12-22)14-7-3-2-4-8-14/h2-10,13,16,22H,11-12H2,1H3,(H2,20,21,23). The minimum atomic E-state index is -0.453. The molecule has 0 spiro atoms. The van der Waals surface area contributed by atoms with Gasteiger partial charge in [0.1, 0.15) is 11.9 Å². The number of para-hydroxylation sites is 1. The summed E-state index contributed by atoms with van der Waals surface area (Å²) < 4.78 is 5.69. The summed E-state index contributed by atoms with van der Waals surface area (Å²) in [5, 5.41) is 15.4. The molecular weight excluding hydrogens is 328 g/mol. The van der Waals surface area contributed by atoms with Crippen molar-refractivity contribution in [3.63, 3.8) is 0 Å². The number of benzene rings is 2. The molecule has 0 radical (unpaired) electrons. The van der Waals surface area contributed by atoms with Crippen molar-refractivity contribution in [2.75, 3.05) is 13.2 Å². The number of hydrogen-bond acceptors (Lipinski definition) is 3. The van der Waals surface area contributed by atoms with Gasteiger partial charge in [-0.15, -0.1) is 0 Å². The lowest BCUT2D eigenvalue weighted by Gasteiger charge is -2.19. The van der Waals surface area contributed by atoms with Gasteiger partial charge >= 0.3 is 6.03 Å². The number of amides is 2. The summed E-state index contributed by atoms with van der Waals surface area (Å²) in [6.07, 6.45) is -0.250. The van der Waals surface area contributed by atoms with Crippen LogP contribution in [-0.2, 0) is 0 Å². The van der Waals surface area contributed by atoms with Crippen molar-refractivity contribution in [2.24, 2.45) is 0 Å². The van der Waals surface area contributed by atoms with Crippen molar-refractivity contribution in [3.05, 3.63) is 65.2 Å². The Bertz CT molecular complexity index is 652. The number of aliphatic hydroxyl groups excluding tert-OH is 1. The number of nitrogens with one attached hydrogen (secondary N) is 2. The number of halogens is 1. The quantitative estimate of drug-likeness (QED) is 0.720. The van der Waals surface area contributed by atoms with E-state index in [0.29, 0.717) is 17.3 Å². The number of hydrogen-bond donors (Lipinski definition) is 3. The third kappa shape index (κ3) is 5.44. The van der Waals surface area contributed by atoms with Crippen LogP contribution in [-0.4, -0.2) is 30.4 Å². The molecule has 128 valence electrons. The van der Waals surface area contributed by atoms with E-state index in [1.54, 1.807) is 12.1 Å². The second kappa shape index (κ2) is 9.15. The summed E-state index contributed by atoms with van der Waals surface area (Å²) >= 11 is 6.03. The third-order valence-electron chi connectivity index (χ3n) is 3.40. The normalized spacial score (nSPS) is 13.0. The van der Waals surface area contributed by atoms with Crippen LogP contribution < -0.4 is 15.4 Å². The Hall–Kier alpha value is -2.24. The summed E-state index contributed by atoms with van der Waals surface area (Å²) in [4.78, 5) is 12.0. The minimum Gasteiger partial charge on any atom is -0.487 e. The predicted octanol–water partition coefficient (Wildman–Crippen LogP) is 3.14. The van der Waals surface area contributed by atoms with E-state index in [9.17, 15) is 9.90 Å². The first-order valence-electron chi connectivity index (χ1n) is 7.71. The summed E-state index contributed by atoms with van der Waals surface area (Å²) in [5.41, 5.74) is 0.843. The van der Waals surface area contributed by atoms with Crippen molar-refractivity contribution in [1.82, 2.24) is 10.6 Å². The zero-order valence-electron chi connectivity index (χ0n) is 13.4. The molecule has 0 aliphatic rings. The van der Waals surface area contributed by atoms with Gasteiger partial charge in [0.25, 0.3) is 0 Å². The van der Waals surface area contributed by atoms with E-state index in [0.717, 1.165) is 5.56 Å². The molecule has 0 bridgehead atoms. The average Bonchev–Trinajstić information content (AvgIpc) is 2.60. The van der Waals surface area contributed by atoms with Crippen LogP contribution in [0.2, 0.25) is 5.02 Å². The number of rotatable bonds is 7. The highest BCUT2D eigenvalue weighted by Gasteiger charge is 2.14. The van der Waals surface area contributed by atoms with E-state index in [2.05, 4.69) is 10.6 Å². The highest BCUT2D eigenvalue weighted by atomic mass is 35.5. The Balaban J connectivity index is 1.81. The van der Waals surface area contributed by atoms with Crippen LogP contribution in [0.1, 0.15) is 18.5 Å². The second-order valence-electron chi connectivity index (χ2n) is 5.36. The Morgan fingerprint density at radius 1 is 1.17 bits per heavy atom. The minimum absolute atomic E-state index is 0.177. The lowest BCUT2D eigenvalue weighted by Crippen LogP contribution is -2.42. The highest BCUT2D eigenvalue weighted by molar-refractivity contribution is 6.32. The van der Waals surface area contributed by atoms with Crippen molar-refractivity contribution < 1.29 is 14.6 Å². The topological polar surface area (TPSA) is 70.6 Å². The molecule has 0 fully saturated rings. The zero-order chi connectivity index (χ0) is 17.4. The number of urea groups is 1. The molecule has 0 aromatic heterocycles. The summed E-state index contributed by atoms with van der Waals surface area (Å²) in [6, 6.07) is 15.7. The fraction of sp³-hybridized carbons (Fsp3) is 0.278. The molecular formula is C18H21ClN2O3. The molecule has 0 saturated heterocycles. The van der Waals surface area contributed by atoms with Gasteiger partial charge in [-0.25, -0.2) is 4.79 Å². The van der Waals surface area contributed by atoms with Gasteiger partial charge in [0, 0.05) is 0 Å². The third-order valence-corrected chi connectivity index (χ3v) is 3.72. The van der Waals surface area contributed by atoms with E-state index >= 15 is 0 Å². The SMILES string of the molecule is CC(CNC(=O)NC(CO)c1ccccc1)Oc1ccccc1Cl. The first-order valence-corrected chi connectivity index (χ1v) is 8.09. The second-order valence-corrected chi connectivity index (χ2v) is 5.77. The van der Waals surface area contributed by atoms with E-state index in [-0.39, 0.29) is 18.7 Å². The lowest BCUT2D eigenvalue weighted by atomic mass is 10.1. The van der Waals surface area contributed by atoms with Crippen LogP contribution in [0.25, 0.3) is 0 Å². The molecule has 6 heteroatoms. The maximum absolute atomic E-state index is 12.0. The zero-order valence-corrected chi connectivity index (χ0v) is 14.2. The Morgan fingerprint density at radius 2 is 1.83 bits per heavy atom. The molecule has 2 atom stereocenters. The van der Waals surface area contributed by atoms with Gasteiger partial charge < -0.3 is 20.5 Å². The van der Waals surface area contributed by atoms with Crippen LogP contribution in [0.5, 0.6) is 5.75 Å². The van der Waals surface area contributed by atoms with Crippen molar-refractivity contribution in [1.29, 1.82) is 0 Å². The summed E-state index contributed by atoms with van der Waals surface area (Å²) in [6.45, 7) is 1.97. The molecule has 3 N–H and O–H groups in total. The molecule has 2 unspecified atom stereocenters. The fourth-order valence-electron chi connectivity index (χ4n) is 2.16. The molecule has 0 heterocycles. The predicted molar refractivity (Wildman–Crippen MR) is 94.3 cm³/mol. The molecule has 2 rings (SSSR count). The van der Waals surface area contributed by atoms with Crippen LogP contribution >= 0.6 is 11.6 Å². The van der Waals surface area contributed by atoms with Gasteiger partial charge in [-0.2, -0.15) is 0 Å². The summed E-state index contributed by atoms with van der Waals surface area (Å²) in [5.74, 6) is 0.575. The molecule has 0 aliphatic carbocycles. The van der Waals surface area contributed by atoms with Crippen molar-refractivity contribution in [3.8, 4) is 5.75 Å². The number of carbonyl (C=O) groups excluding carboxylic acids is 1. The van der Waals surface area contributed by atoms with E-state index in [1.165, 1.54) is 0 Å². The Morgan fingerprint density at radius 3 is 2.50 bits per heavy atom. The maximum atomic E-state index is 12.0. The fourth-order valence-corrected chi connectivity index (χ4v) is 2.34. The largest absolute Gasteiger partial charge is 0.487 e. The van der Waals surface area contributed by atoms with Gasteiger partial charge in [-0.05, 0) is 24.6 Å². The van der Waals surface area contributed by atoms with Crippen LogP contribution in [0, 0.1) is 0 Å². The first-order chi connectivity index (χ1) is 11.6. The van der Waals surface area contributed by atoms with E-state index in [4.69, 9.17) is 16.3 Å². The maximum Gasteiger partial charge on any atom is 0.315 e. The Labute approximate surface area is 146 Å².